The van der Waals surface area contributed by atoms with Crippen LogP contribution in [-0.4, -0.2) is 71.8 Å². The van der Waals surface area contributed by atoms with Crippen LogP contribution in [0.5, 0.6) is 0 Å². The Hall–Kier alpha value is -2.61. The minimum atomic E-state index is -0.925. The van der Waals surface area contributed by atoms with E-state index in [1.807, 2.05) is 30.3 Å². The van der Waals surface area contributed by atoms with Crippen LogP contribution in [0.2, 0.25) is 0 Å². The van der Waals surface area contributed by atoms with Gasteiger partial charge in [0.15, 0.2) is 0 Å². The highest BCUT2D eigenvalue weighted by Gasteiger charge is 2.47. The third-order valence-corrected chi connectivity index (χ3v) is 6.29. The van der Waals surface area contributed by atoms with Crippen molar-refractivity contribution in [1.29, 1.82) is 0 Å². The molecular formula is C23H32N2O6. The minimum Gasteiger partial charge on any atom is -0.466 e. The van der Waals surface area contributed by atoms with E-state index in [4.69, 9.17) is 9.47 Å². The zero-order valence-corrected chi connectivity index (χ0v) is 18.1. The van der Waals surface area contributed by atoms with Gasteiger partial charge in [0.05, 0.1) is 18.4 Å². The van der Waals surface area contributed by atoms with Crippen LogP contribution in [0.1, 0.15) is 44.6 Å². The molecule has 2 aliphatic heterocycles. The summed E-state index contributed by atoms with van der Waals surface area (Å²) in [6.45, 7) is 4.44. The predicted octanol–water partition coefficient (Wildman–Crippen LogP) is 2.91. The highest BCUT2D eigenvalue weighted by molar-refractivity contribution is 5.84. The van der Waals surface area contributed by atoms with Crippen LogP contribution >= 0.6 is 0 Å². The van der Waals surface area contributed by atoms with Crippen LogP contribution in [-0.2, 0) is 25.7 Å². The minimum absolute atomic E-state index is 0.0108. The van der Waals surface area contributed by atoms with Gasteiger partial charge in [-0.05, 0) is 44.7 Å². The molecule has 2 aliphatic rings. The van der Waals surface area contributed by atoms with Gasteiger partial charge in [0.25, 0.3) is 0 Å². The van der Waals surface area contributed by atoms with Gasteiger partial charge in [-0.1, -0.05) is 30.3 Å². The molecule has 0 aromatic heterocycles. The summed E-state index contributed by atoms with van der Waals surface area (Å²) in [4.78, 5) is 40.5. The smallest absolute Gasteiger partial charge is 0.407 e. The molecule has 2 saturated heterocycles. The number of amides is 1. The van der Waals surface area contributed by atoms with Crippen molar-refractivity contribution in [2.24, 2.45) is 5.41 Å². The second-order valence-electron chi connectivity index (χ2n) is 8.40. The molecule has 0 aliphatic carbocycles. The van der Waals surface area contributed by atoms with Crippen molar-refractivity contribution in [3.05, 3.63) is 35.9 Å². The van der Waals surface area contributed by atoms with E-state index in [2.05, 4.69) is 4.90 Å². The Morgan fingerprint density at radius 2 is 1.81 bits per heavy atom. The summed E-state index contributed by atoms with van der Waals surface area (Å²) in [5.74, 6) is -0.751. The number of carboxylic acid groups (broad SMARTS) is 1. The van der Waals surface area contributed by atoms with Gasteiger partial charge in [0.2, 0.25) is 0 Å². The number of nitrogens with zero attached hydrogens (tertiary/aromatic N) is 2. The molecule has 3 rings (SSSR count). The first-order valence-electron chi connectivity index (χ1n) is 11.0. The summed E-state index contributed by atoms with van der Waals surface area (Å²) in [6, 6.07) is 9.65. The number of hydrogen-bond donors (Lipinski definition) is 1. The average Bonchev–Trinajstić information content (AvgIpc) is 2.79. The Labute approximate surface area is 183 Å². The van der Waals surface area contributed by atoms with Gasteiger partial charge < -0.3 is 19.5 Å². The number of rotatable bonds is 7. The molecule has 1 amide bonds. The Balaban J connectivity index is 1.65. The fourth-order valence-corrected chi connectivity index (χ4v) is 4.63. The van der Waals surface area contributed by atoms with Gasteiger partial charge in [-0.2, -0.15) is 0 Å². The van der Waals surface area contributed by atoms with Gasteiger partial charge >= 0.3 is 18.0 Å². The van der Waals surface area contributed by atoms with Crippen LogP contribution in [0, 0.1) is 5.41 Å². The van der Waals surface area contributed by atoms with Crippen molar-refractivity contribution in [1.82, 2.24) is 9.80 Å². The summed E-state index contributed by atoms with van der Waals surface area (Å²) >= 11 is 0. The van der Waals surface area contributed by atoms with E-state index in [0.29, 0.717) is 26.1 Å². The largest absolute Gasteiger partial charge is 0.466 e. The summed E-state index contributed by atoms with van der Waals surface area (Å²) in [6.07, 6.45) is 1.91. The fourth-order valence-electron chi connectivity index (χ4n) is 4.63. The van der Waals surface area contributed by atoms with E-state index in [-0.39, 0.29) is 31.6 Å². The molecule has 2 heterocycles. The van der Waals surface area contributed by atoms with Crippen molar-refractivity contribution in [3.8, 4) is 0 Å². The molecule has 8 heteroatoms. The van der Waals surface area contributed by atoms with Crippen LogP contribution in [0.25, 0.3) is 0 Å². The van der Waals surface area contributed by atoms with Crippen molar-refractivity contribution >= 4 is 18.0 Å². The van der Waals surface area contributed by atoms with Crippen molar-refractivity contribution in [2.45, 2.75) is 51.7 Å². The lowest BCUT2D eigenvalue weighted by Gasteiger charge is -2.45. The summed E-state index contributed by atoms with van der Waals surface area (Å²) in [5, 5.41) is 9.18. The monoisotopic (exact) mass is 432 g/mol. The second-order valence-corrected chi connectivity index (χ2v) is 8.40. The highest BCUT2D eigenvalue weighted by Crippen LogP contribution is 2.37. The Morgan fingerprint density at radius 3 is 2.45 bits per heavy atom. The second kappa shape index (κ2) is 10.6. The maximum Gasteiger partial charge on any atom is 0.407 e. The topological polar surface area (TPSA) is 96.4 Å². The quantitative estimate of drug-likeness (QED) is 0.662. The molecule has 0 spiro atoms. The molecule has 1 N–H and O–H groups in total. The van der Waals surface area contributed by atoms with Crippen molar-refractivity contribution in [2.75, 3.05) is 32.8 Å². The first-order chi connectivity index (χ1) is 14.9. The Bertz CT molecular complexity index is 763. The molecular weight excluding hydrogens is 400 g/mol. The third-order valence-electron chi connectivity index (χ3n) is 6.29. The molecule has 0 saturated carbocycles. The van der Waals surface area contributed by atoms with Crippen LogP contribution in [0.3, 0.4) is 0 Å². The van der Waals surface area contributed by atoms with E-state index < -0.39 is 17.5 Å². The lowest BCUT2D eigenvalue weighted by Crippen LogP contribution is -2.55. The number of likely N-dealkylation sites (tertiary alicyclic amines) is 2. The molecule has 1 aromatic carbocycles. The first-order valence-corrected chi connectivity index (χ1v) is 11.0. The first kappa shape index (κ1) is 23.1. The maximum absolute atomic E-state index is 13.0. The fraction of sp³-hybridized carbons (Fsp3) is 0.609. The number of benzene rings is 1. The van der Waals surface area contributed by atoms with Gasteiger partial charge in [0.1, 0.15) is 6.61 Å². The van der Waals surface area contributed by atoms with E-state index >= 15 is 0 Å². The van der Waals surface area contributed by atoms with Crippen LogP contribution in [0.15, 0.2) is 30.3 Å². The molecule has 1 unspecified atom stereocenters. The molecule has 2 fully saturated rings. The van der Waals surface area contributed by atoms with Crippen molar-refractivity contribution < 1.29 is 29.0 Å². The molecule has 0 bridgehead atoms. The maximum atomic E-state index is 13.0. The number of carbonyl (C=O) groups is 3. The zero-order valence-electron chi connectivity index (χ0n) is 18.1. The van der Waals surface area contributed by atoms with Crippen LogP contribution in [0.4, 0.5) is 4.79 Å². The third kappa shape index (κ3) is 5.97. The number of carbonyl (C=O) groups excluding carboxylic acids is 2. The predicted molar refractivity (Wildman–Crippen MR) is 113 cm³/mol. The lowest BCUT2D eigenvalue weighted by molar-refractivity contribution is -0.167. The summed E-state index contributed by atoms with van der Waals surface area (Å²) in [5.41, 5.74) is -0.0251. The summed E-state index contributed by atoms with van der Waals surface area (Å²) in [7, 11) is 0. The molecule has 170 valence electrons. The Morgan fingerprint density at radius 1 is 1.10 bits per heavy atom. The van der Waals surface area contributed by atoms with E-state index in [1.165, 1.54) is 4.90 Å². The number of hydrogen-bond acceptors (Lipinski definition) is 6. The average molecular weight is 433 g/mol. The standard InChI is InChI=1S/C23H32N2O6/c1-2-30-21(27)23(15-20(26)31-16-18-7-4-3-5-8-18)11-6-12-25(17-23)19-9-13-24(14-10-19)22(28)29/h3-5,7-8,19H,2,6,9-17H2,1H3,(H,28,29). The molecule has 8 nitrogen and oxygen atoms in total. The molecule has 1 atom stereocenters. The Kier molecular flexibility index (Phi) is 7.90. The highest BCUT2D eigenvalue weighted by atomic mass is 16.5. The zero-order chi connectivity index (χ0) is 22.3. The van der Waals surface area contributed by atoms with Gasteiger partial charge in [-0.25, -0.2) is 4.79 Å². The number of piperidine rings is 2. The summed E-state index contributed by atoms with van der Waals surface area (Å²) < 4.78 is 10.8. The normalized spacial score (nSPS) is 22.7. The molecule has 1 aromatic rings. The van der Waals surface area contributed by atoms with Crippen LogP contribution < -0.4 is 0 Å². The van der Waals surface area contributed by atoms with E-state index in [0.717, 1.165) is 31.4 Å². The van der Waals surface area contributed by atoms with E-state index in [1.54, 1.807) is 6.92 Å². The molecule has 31 heavy (non-hydrogen) atoms. The number of esters is 2. The molecule has 0 radical (unpaired) electrons. The lowest BCUT2D eigenvalue weighted by atomic mass is 9.76. The number of ether oxygens (including phenoxy) is 2. The van der Waals surface area contributed by atoms with Crippen molar-refractivity contribution in [3.63, 3.8) is 0 Å². The van der Waals surface area contributed by atoms with Gasteiger partial charge in [-0.15, -0.1) is 0 Å². The SMILES string of the molecule is CCOC(=O)C1(CC(=O)OCc2ccccc2)CCCN(C2CCN(C(=O)O)CC2)C1. The van der Waals surface area contributed by atoms with E-state index in [9.17, 15) is 19.5 Å². The van der Waals surface area contributed by atoms with Gasteiger partial charge in [-0.3, -0.25) is 14.5 Å². The van der Waals surface area contributed by atoms with Gasteiger partial charge in [0, 0.05) is 25.7 Å².